The number of rotatable bonds is 8. The second kappa shape index (κ2) is 7.58. The molecule has 21 heavy (non-hydrogen) atoms. The van der Waals surface area contributed by atoms with E-state index in [0.717, 1.165) is 13.0 Å². The van der Waals surface area contributed by atoms with Gasteiger partial charge in [0.05, 0.1) is 11.5 Å². The number of aromatic nitrogens is 1. The molecule has 112 valence electrons. The highest BCUT2D eigenvalue weighted by molar-refractivity contribution is 7.09. The molecule has 0 aromatic carbocycles. The normalized spacial score (nSPS) is 10.3. The molecule has 6 nitrogen and oxygen atoms in total. The predicted octanol–water partition coefficient (Wildman–Crippen LogP) is 3.49. The zero-order valence-corrected chi connectivity index (χ0v) is 12.6. The van der Waals surface area contributed by atoms with Crippen LogP contribution >= 0.6 is 11.3 Å². The van der Waals surface area contributed by atoms with E-state index in [9.17, 15) is 10.1 Å². The fourth-order valence-corrected chi connectivity index (χ4v) is 2.42. The van der Waals surface area contributed by atoms with E-state index in [4.69, 9.17) is 4.74 Å². The van der Waals surface area contributed by atoms with Gasteiger partial charge in [-0.15, -0.1) is 11.3 Å². The number of anilines is 1. The lowest BCUT2D eigenvalue weighted by molar-refractivity contribution is -0.386. The van der Waals surface area contributed by atoms with Crippen LogP contribution in [0.1, 0.15) is 18.2 Å². The summed E-state index contributed by atoms with van der Waals surface area (Å²) < 4.78 is 5.51. The van der Waals surface area contributed by atoms with E-state index in [2.05, 4.69) is 10.3 Å². The molecule has 0 saturated carbocycles. The fourth-order valence-electron chi connectivity index (χ4n) is 1.73. The van der Waals surface area contributed by atoms with Gasteiger partial charge in [0.15, 0.2) is 0 Å². The third-order valence-corrected chi connectivity index (χ3v) is 3.70. The number of pyridine rings is 1. The minimum absolute atomic E-state index is 0.0673. The summed E-state index contributed by atoms with van der Waals surface area (Å²) in [7, 11) is 0. The third-order valence-electron chi connectivity index (χ3n) is 2.76. The summed E-state index contributed by atoms with van der Waals surface area (Å²) in [6.45, 7) is 3.17. The highest BCUT2D eigenvalue weighted by Gasteiger charge is 2.17. The average molecular weight is 307 g/mol. The largest absolute Gasteiger partial charge is 0.472 e. The molecule has 0 aliphatic carbocycles. The molecule has 7 heteroatoms. The molecule has 0 spiro atoms. The van der Waals surface area contributed by atoms with Gasteiger partial charge >= 0.3 is 5.69 Å². The van der Waals surface area contributed by atoms with Gasteiger partial charge < -0.3 is 10.1 Å². The first-order valence-electron chi connectivity index (χ1n) is 6.75. The van der Waals surface area contributed by atoms with Gasteiger partial charge in [0.2, 0.25) is 0 Å². The zero-order chi connectivity index (χ0) is 15.1. The Morgan fingerprint density at radius 1 is 1.43 bits per heavy atom. The van der Waals surface area contributed by atoms with Gasteiger partial charge in [-0.1, -0.05) is 13.0 Å². The molecule has 0 aliphatic rings. The second-order valence-electron chi connectivity index (χ2n) is 4.38. The highest BCUT2D eigenvalue weighted by Crippen LogP contribution is 2.26. The Morgan fingerprint density at radius 2 is 2.29 bits per heavy atom. The van der Waals surface area contributed by atoms with Crippen molar-refractivity contribution in [3.05, 3.63) is 44.6 Å². The molecule has 0 aliphatic heterocycles. The Morgan fingerprint density at radius 3 is 2.95 bits per heavy atom. The summed E-state index contributed by atoms with van der Waals surface area (Å²) in [5.74, 6) is 0.659. The molecule has 0 saturated heterocycles. The second-order valence-corrected chi connectivity index (χ2v) is 5.41. The minimum atomic E-state index is -0.475. The summed E-state index contributed by atoms with van der Waals surface area (Å²) in [4.78, 5) is 15.9. The third kappa shape index (κ3) is 4.42. The Labute approximate surface area is 126 Å². The maximum atomic E-state index is 11.0. The zero-order valence-electron chi connectivity index (χ0n) is 11.7. The lowest BCUT2D eigenvalue weighted by Gasteiger charge is -2.08. The lowest BCUT2D eigenvalue weighted by atomic mass is 10.3. The van der Waals surface area contributed by atoms with Crippen LogP contribution < -0.4 is 10.1 Å². The van der Waals surface area contributed by atoms with E-state index >= 15 is 0 Å². The van der Waals surface area contributed by atoms with Gasteiger partial charge in [0, 0.05) is 23.9 Å². The lowest BCUT2D eigenvalue weighted by Crippen LogP contribution is -2.07. The summed E-state index contributed by atoms with van der Waals surface area (Å²) >= 11 is 1.64. The maximum Gasteiger partial charge on any atom is 0.331 e. The number of thiophene rings is 1. The van der Waals surface area contributed by atoms with Crippen LogP contribution in [0.5, 0.6) is 5.88 Å². The van der Waals surface area contributed by atoms with Crippen molar-refractivity contribution in [2.75, 3.05) is 18.5 Å². The Balaban J connectivity index is 2.04. The summed E-state index contributed by atoms with van der Waals surface area (Å²) in [5, 5.41) is 16.1. The Bertz CT molecular complexity index is 587. The van der Waals surface area contributed by atoms with Crippen LogP contribution in [0.15, 0.2) is 29.6 Å². The number of hydrogen-bond acceptors (Lipinski definition) is 6. The van der Waals surface area contributed by atoms with Gasteiger partial charge in [-0.05, 0) is 23.9 Å². The number of nitrogens with one attached hydrogen (secondary N) is 1. The molecule has 2 aromatic heterocycles. The highest BCUT2D eigenvalue weighted by atomic mass is 32.1. The van der Waals surface area contributed by atoms with Crippen molar-refractivity contribution in [2.24, 2.45) is 0 Å². The average Bonchev–Trinajstić information content (AvgIpc) is 2.98. The first kappa shape index (κ1) is 15.2. The molecule has 0 bridgehead atoms. The van der Waals surface area contributed by atoms with E-state index in [0.29, 0.717) is 18.8 Å². The van der Waals surface area contributed by atoms with Crippen molar-refractivity contribution >= 4 is 22.8 Å². The topological polar surface area (TPSA) is 77.3 Å². The van der Waals surface area contributed by atoms with Crippen molar-refractivity contribution in [3.8, 4) is 5.88 Å². The van der Waals surface area contributed by atoms with E-state index in [1.54, 1.807) is 17.4 Å². The van der Waals surface area contributed by atoms with Crippen LogP contribution in [0.25, 0.3) is 0 Å². The van der Waals surface area contributed by atoms with Gasteiger partial charge in [-0.25, -0.2) is 0 Å². The quantitative estimate of drug-likeness (QED) is 0.596. The standard InChI is InChI=1S/C14H17N3O3S/c1-2-8-15-13-6-5-12(17(18)19)14(16-13)20-9-7-11-4-3-10-21-11/h3-6,10H,2,7-9H2,1H3,(H,15,16). The van der Waals surface area contributed by atoms with Gasteiger partial charge in [0.25, 0.3) is 5.88 Å². The maximum absolute atomic E-state index is 11.0. The Kier molecular flexibility index (Phi) is 5.51. The van der Waals surface area contributed by atoms with Crippen molar-refractivity contribution in [1.82, 2.24) is 4.98 Å². The molecule has 0 radical (unpaired) electrons. The molecular formula is C14H17N3O3S. The number of hydrogen-bond donors (Lipinski definition) is 1. The molecule has 0 amide bonds. The van der Waals surface area contributed by atoms with E-state index in [1.165, 1.54) is 10.9 Å². The van der Waals surface area contributed by atoms with Crippen LogP contribution in [-0.2, 0) is 6.42 Å². The molecule has 0 fully saturated rings. The van der Waals surface area contributed by atoms with Crippen molar-refractivity contribution in [1.29, 1.82) is 0 Å². The molecule has 1 N–H and O–H groups in total. The van der Waals surface area contributed by atoms with Crippen LogP contribution in [-0.4, -0.2) is 23.1 Å². The minimum Gasteiger partial charge on any atom is -0.472 e. The first-order valence-corrected chi connectivity index (χ1v) is 7.63. The summed E-state index contributed by atoms with van der Waals surface area (Å²) in [5.41, 5.74) is -0.108. The van der Waals surface area contributed by atoms with Crippen molar-refractivity contribution < 1.29 is 9.66 Å². The SMILES string of the molecule is CCCNc1ccc([N+](=O)[O-])c(OCCc2cccs2)n1. The summed E-state index contributed by atoms with van der Waals surface area (Å²) in [6, 6.07) is 7.00. The smallest absolute Gasteiger partial charge is 0.331 e. The summed E-state index contributed by atoms with van der Waals surface area (Å²) in [6.07, 6.45) is 1.66. The van der Waals surface area contributed by atoms with Crippen LogP contribution in [0.4, 0.5) is 11.5 Å². The first-order chi connectivity index (χ1) is 10.2. The molecular weight excluding hydrogens is 290 g/mol. The van der Waals surface area contributed by atoms with E-state index in [1.807, 2.05) is 24.4 Å². The Hall–Kier alpha value is -2.15. The molecule has 0 unspecified atom stereocenters. The van der Waals surface area contributed by atoms with E-state index in [-0.39, 0.29) is 11.6 Å². The number of nitrogens with zero attached hydrogens (tertiary/aromatic N) is 2. The monoisotopic (exact) mass is 307 g/mol. The van der Waals surface area contributed by atoms with Crippen molar-refractivity contribution in [2.45, 2.75) is 19.8 Å². The number of ether oxygens (including phenoxy) is 1. The van der Waals surface area contributed by atoms with Crippen LogP contribution in [0, 0.1) is 10.1 Å². The molecule has 0 atom stereocenters. The van der Waals surface area contributed by atoms with Gasteiger partial charge in [0.1, 0.15) is 5.82 Å². The fraction of sp³-hybridized carbons (Fsp3) is 0.357. The van der Waals surface area contributed by atoms with Gasteiger partial charge in [-0.3, -0.25) is 10.1 Å². The number of nitro groups is 1. The molecule has 2 heterocycles. The predicted molar refractivity (Wildman–Crippen MR) is 83.2 cm³/mol. The van der Waals surface area contributed by atoms with E-state index < -0.39 is 4.92 Å². The van der Waals surface area contributed by atoms with Crippen LogP contribution in [0.2, 0.25) is 0 Å². The molecule has 2 aromatic rings. The van der Waals surface area contributed by atoms with Crippen LogP contribution in [0.3, 0.4) is 0 Å². The molecule has 2 rings (SSSR count). The van der Waals surface area contributed by atoms with Crippen molar-refractivity contribution in [3.63, 3.8) is 0 Å². The van der Waals surface area contributed by atoms with Gasteiger partial charge in [-0.2, -0.15) is 4.98 Å².